The Bertz CT molecular complexity index is 1160. The third-order valence-electron chi connectivity index (χ3n) is 4.16. The number of aromatic nitrogens is 4. The van der Waals surface area contributed by atoms with Crippen LogP contribution < -0.4 is 5.32 Å². The Morgan fingerprint density at radius 2 is 2.17 bits per heavy atom. The Hall–Kier alpha value is -2.75. The van der Waals surface area contributed by atoms with Crippen LogP contribution in [-0.4, -0.2) is 31.4 Å². The predicted molar refractivity (Wildman–Crippen MR) is 125 cm³/mol. The maximum Gasteiger partial charge on any atom is 0.236 e. The number of hydrogen-bond acceptors (Lipinski definition) is 7. The SMILES string of the molecule is C=CCn1c(SCC(=O)Nc2nc(-c3cccs3)cs2)nnc1-c1cccc(C)c1. The van der Waals surface area contributed by atoms with Gasteiger partial charge in [-0.25, -0.2) is 4.98 Å². The first-order chi connectivity index (χ1) is 14.6. The largest absolute Gasteiger partial charge is 0.301 e. The number of carbonyl (C=O) groups excluding carboxylic acids is 1. The number of carbonyl (C=O) groups is 1. The second kappa shape index (κ2) is 9.38. The van der Waals surface area contributed by atoms with Gasteiger partial charge < -0.3 is 5.32 Å². The van der Waals surface area contributed by atoms with Crippen LogP contribution in [0.2, 0.25) is 0 Å². The van der Waals surface area contributed by atoms with E-state index in [1.165, 1.54) is 23.1 Å². The van der Waals surface area contributed by atoms with Crippen LogP contribution in [0.1, 0.15) is 5.56 Å². The van der Waals surface area contributed by atoms with E-state index in [1.807, 2.05) is 52.6 Å². The molecule has 0 spiro atoms. The maximum atomic E-state index is 12.4. The summed E-state index contributed by atoms with van der Waals surface area (Å²) >= 11 is 4.39. The molecular weight excluding hydrogens is 434 g/mol. The number of allylic oxidation sites excluding steroid dienone is 1. The fourth-order valence-electron chi connectivity index (χ4n) is 2.84. The molecule has 1 aromatic carbocycles. The Labute approximate surface area is 186 Å². The van der Waals surface area contributed by atoms with E-state index in [1.54, 1.807) is 17.4 Å². The van der Waals surface area contributed by atoms with Crippen molar-refractivity contribution < 1.29 is 4.79 Å². The van der Waals surface area contributed by atoms with Crippen LogP contribution in [0.25, 0.3) is 22.0 Å². The van der Waals surface area contributed by atoms with E-state index in [9.17, 15) is 4.79 Å². The minimum atomic E-state index is -0.127. The molecule has 1 amide bonds. The second-order valence-electron chi connectivity index (χ2n) is 6.43. The smallest absolute Gasteiger partial charge is 0.236 e. The molecule has 0 radical (unpaired) electrons. The van der Waals surface area contributed by atoms with Crippen molar-refractivity contribution in [1.82, 2.24) is 19.7 Å². The van der Waals surface area contributed by atoms with E-state index < -0.39 is 0 Å². The van der Waals surface area contributed by atoms with Gasteiger partial charge in [0.1, 0.15) is 0 Å². The number of hydrogen-bond donors (Lipinski definition) is 1. The van der Waals surface area contributed by atoms with Gasteiger partial charge in [0.2, 0.25) is 5.91 Å². The molecule has 0 atom stereocenters. The number of thioether (sulfide) groups is 1. The molecule has 3 aromatic heterocycles. The monoisotopic (exact) mass is 453 g/mol. The Morgan fingerprint density at radius 3 is 2.93 bits per heavy atom. The highest BCUT2D eigenvalue weighted by atomic mass is 32.2. The molecule has 0 bridgehead atoms. The molecular formula is C21H19N5OS3. The van der Waals surface area contributed by atoms with Crippen LogP contribution in [0.5, 0.6) is 0 Å². The number of thiophene rings is 1. The third kappa shape index (κ3) is 4.69. The van der Waals surface area contributed by atoms with Crippen molar-refractivity contribution in [3.05, 3.63) is 65.4 Å². The molecule has 3 heterocycles. The predicted octanol–water partition coefficient (Wildman–Crippen LogP) is 5.36. The van der Waals surface area contributed by atoms with Crippen LogP contribution in [0.3, 0.4) is 0 Å². The quantitative estimate of drug-likeness (QED) is 0.287. The summed E-state index contributed by atoms with van der Waals surface area (Å²) < 4.78 is 1.97. The van der Waals surface area contributed by atoms with Crippen LogP contribution in [0, 0.1) is 6.92 Å². The number of nitrogens with zero attached hydrogens (tertiary/aromatic N) is 4. The van der Waals surface area contributed by atoms with E-state index in [4.69, 9.17) is 0 Å². The molecule has 9 heteroatoms. The van der Waals surface area contributed by atoms with Gasteiger partial charge >= 0.3 is 0 Å². The van der Waals surface area contributed by atoms with E-state index in [2.05, 4.69) is 33.1 Å². The van der Waals surface area contributed by atoms with Crippen LogP contribution >= 0.6 is 34.4 Å². The minimum Gasteiger partial charge on any atom is -0.301 e. The topological polar surface area (TPSA) is 72.7 Å². The van der Waals surface area contributed by atoms with E-state index in [0.717, 1.165) is 27.5 Å². The molecule has 1 N–H and O–H groups in total. The molecule has 0 unspecified atom stereocenters. The van der Waals surface area contributed by atoms with Gasteiger partial charge in [-0.05, 0) is 24.4 Å². The van der Waals surface area contributed by atoms with Gasteiger partial charge in [0.05, 0.1) is 16.3 Å². The highest BCUT2D eigenvalue weighted by molar-refractivity contribution is 7.99. The average molecular weight is 454 g/mol. The van der Waals surface area contributed by atoms with Gasteiger partial charge in [-0.3, -0.25) is 9.36 Å². The summed E-state index contributed by atoms with van der Waals surface area (Å²) in [4.78, 5) is 18.0. The number of benzene rings is 1. The van der Waals surface area contributed by atoms with Crippen molar-refractivity contribution in [2.24, 2.45) is 0 Å². The zero-order valence-electron chi connectivity index (χ0n) is 16.2. The van der Waals surface area contributed by atoms with Crippen LogP contribution in [0.4, 0.5) is 5.13 Å². The van der Waals surface area contributed by atoms with Gasteiger partial charge in [0.25, 0.3) is 0 Å². The summed E-state index contributed by atoms with van der Waals surface area (Å²) in [5, 5.41) is 16.7. The molecule has 0 saturated carbocycles. The van der Waals surface area contributed by atoms with Gasteiger partial charge in [-0.2, -0.15) is 0 Å². The highest BCUT2D eigenvalue weighted by Gasteiger charge is 2.16. The van der Waals surface area contributed by atoms with Gasteiger partial charge in [-0.15, -0.1) is 39.4 Å². The summed E-state index contributed by atoms with van der Waals surface area (Å²) in [5.41, 5.74) is 3.02. The molecule has 0 fully saturated rings. The molecule has 0 aliphatic carbocycles. The third-order valence-corrected chi connectivity index (χ3v) is 6.78. The lowest BCUT2D eigenvalue weighted by molar-refractivity contribution is -0.113. The molecule has 0 aliphatic rings. The molecule has 0 aliphatic heterocycles. The van der Waals surface area contributed by atoms with Crippen LogP contribution in [0.15, 0.2) is 65.0 Å². The number of rotatable bonds is 8. The summed E-state index contributed by atoms with van der Waals surface area (Å²) in [7, 11) is 0. The van der Waals surface area contributed by atoms with Crippen molar-refractivity contribution in [1.29, 1.82) is 0 Å². The van der Waals surface area contributed by atoms with Gasteiger partial charge in [0, 0.05) is 17.5 Å². The van der Waals surface area contributed by atoms with E-state index >= 15 is 0 Å². The first-order valence-corrected chi connectivity index (χ1v) is 11.9. The lowest BCUT2D eigenvalue weighted by Gasteiger charge is -2.08. The zero-order valence-corrected chi connectivity index (χ0v) is 18.7. The summed E-state index contributed by atoms with van der Waals surface area (Å²) in [5.74, 6) is 0.858. The van der Waals surface area contributed by atoms with Crippen molar-refractivity contribution >= 4 is 45.5 Å². The van der Waals surface area contributed by atoms with Crippen LogP contribution in [-0.2, 0) is 11.3 Å². The van der Waals surface area contributed by atoms with E-state index in [0.29, 0.717) is 16.8 Å². The first kappa shape index (κ1) is 20.5. The summed E-state index contributed by atoms with van der Waals surface area (Å²) in [6.07, 6.45) is 1.80. The highest BCUT2D eigenvalue weighted by Crippen LogP contribution is 2.29. The maximum absolute atomic E-state index is 12.4. The Balaban J connectivity index is 1.43. The number of thiazole rings is 1. The van der Waals surface area contributed by atoms with Crippen molar-refractivity contribution in [3.8, 4) is 22.0 Å². The molecule has 30 heavy (non-hydrogen) atoms. The van der Waals surface area contributed by atoms with Gasteiger partial charge in [0.15, 0.2) is 16.1 Å². The zero-order chi connectivity index (χ0) is 20.9. The average Bonchev–Trinajstić information content (AvgIpc) is 3.48. The van der Waals surface area contributed by atoms with E-state index in [-0.39, 0.29) is 11.7 Å². The standard InChI is InChI=1S/C21H19N5OS3/c1-3-9-26-19(15-7-4-6-14(2)11-15)24-25-21(26)30-13-18(27)23-20-22-16(12-29-20)17-8-5-10-28-17/h3-8,10-12H,1,9,13H2,2H3,(H,22,23,27). The van der Waals surface area contributed by atoms with Gasteiger partial charge in [-0.1, -0.05) is 47.7 Å². The fraction of sp³-hybridized carbons (Fsp3) is 0.143. The number of amides is 1. The number of nitrogens with one attached hydrogen (secondary N) is 1. The normalized spacial score (nSPS) is 10.8. The number of anilines is 1. The Morgan fingerprint density at radius 1 is 1.27 bits per heavy atom. The fourth-order valence-corrected chi connectivity index (χ4v) is 5.08. The van der Waals surface area contributed by atoms with Crippen molar-refractivity contribution in [3.63, 3.8) is 0 Å². The lowest BCUT2D eigenvalue weighted by atomic mass is 10.1. The Kier molecular flexibility index (Phi) is 6.41. The molecule has 6 nitrogen and oxygen atoms in total. The van der Waals surface area contributed by atoms with Crippen molar-refractivity contribution in [2.75, 3.05) is 11.1 Å². The lowest BCUT2D eigenvalue weighted by Crippen LogP contribution is -2.14. The molecule has 4 aromatic rings. The molecule has 4 rings (SSSR count). The summed E-state index contributed by atoms with van der Waals surface area (Å²) in [6.45, 7) is 6.44. The van der Waals surface area contributed by atoms with Crippen molar-refractivity contribution in [2.45, 2.75) is 18.6 Å². The minimum absolute atomic E-state index is 0.127. The first-order valence-electron chi connectivity index (χ1n) is 9.17. The summed E-state index contributed by atoms with van der Waals surface area (Å²) in [6, 6.07) is 12.1. The molecule has 152 valence electrons. The number of aryl methyl sites for hydroxylation is 1. The second-order valence-corrected chi connectivity index (χ2v) is 9.18. The molecule has 0 saturated heterocycles.